The number of hydrogen-bond acceptors (Lipinski definition) is 2. The van der Waals surface area contributed by atoms with E-state index < -0.39 is 0 Å². The van der Waals surface area contributed by atoms with E-state index in [2.05, 4.69) is 29.1 Å². The van der Waals surface area contributed by atoms with E-state index in [9.17, 15) is 4.39 Å². The van der Waals surface area contributed by atoms with Crippen molar-refractivity contribution in [3.63, 3.8) is 0 Å². The Morgan fingerprint density at radius 3 is 2.79 bits per heavy atom. The lowest BCUT2D eigenvalue weighted by molar-refractivity contribution is 0.474. The lowest BCUT2D eigenvalue weighted by Gasteiger charge is -2.19. The van der Waals surface area contributed by atoms with Gasteiger partial charge in [0, 0.05) is 11.6 Å². The van der Waals surface area contributed by atoms with Gasteiger partial charge in [-0.2, -0.15) is 11.3 Å². The molecule has 0 amide bonds. The zero-order chi connectivity index (χ0) is 13.5. The van der Waals surface area contributed by atoms with Gasteiger partial charge in [0.2, 0.25) is 0 Å². The van der Waals surface area contributed by atoms with Crippen LogP contribution in [0.5, 0.6) is 0 Å². The van der Waals surface area contributed by atoms with Crippen LogP contribution in [0.2, 0.25) is 0 Å². The lowest BCUT2D eigenvalue weighted by Crippen LogP contribution is -2.23. The Kier molecular flexibility index (Phi) is 5.55. The van der Waals surface area contributed by atoms with Gasteiger partial charge >= 0.3 is 0 Å². The van der Waals surface area contributed by atoms with Crippen LogP contribution in [-0.4, -0.2) is 6.54 Å². The van der Waals surface area contributed by atoms with Gasteiger partial charge in [-0.15, -0.1) is 0 Å². The fourth-order valence-corrected chi connectivity index (χ4v) is 2.89. The molecule has 0 saturated carbocycles. The largest absolute Gasteiger partial charge is 0.310 e. The number of thiophene rings is 1. The maximum atomic E-state index is 13.9. The summed E-state index contributed by atoms with van der Waals surface area (Å²) in [5.41, 5.74) is 2.12. The van der Waals surface area contributed by atoms with E-state index in [0.29, 0.717) is 0 Å². The van der Waals surface area contributed by atoms with Gasteiger partial charge in [-0.1, -0.05) is 25.1 Å². The molecule has 1 aromatic heterocycles. The van der Waals surface area contributed by atoms with Gasteiger partial charge in [-0.05, 0) is 54.3 Å². The zero-order valence-electron chi connectivity index (χ0n) is 11.2. The normalized spacial score (nSPS) is 12.5. The fraction of sp³-hybridized carbons (Fsp3) is 0.375. The van der Waals surface area contributed by atoms with Crippen molar-refractivity contribution in [2.24, 2.45) is 0 Å². The first kappa shape index (κ1) is 14.2. The third-order valence-corrected chi connectivity index (χ3v) is 3.96. The number of aryl methyl sites for hydroxylation is 1. The summed E-state index contributed by atoms with van der Waals surface area (Å²) in [6, 6.07) is 9.32. The van der Waals surface area contributed by atoms with Crippen LogP contribution >= 0.6 is 11.3 Å². The predicted octanol–water partition coefficient (Wildman–Crippen LogP) is 4.56. The molecule has 1 heterocycles. The minimum atomic E-state index is -0.110. The Morgan fingerprint density at radius 2 is 2.11 bits per heavy atom. The van der Waals surface area contributed by atoms with Crippen LogP contribution in [0.1, 0.15) is 36.9 Å². The summed E-state index contributed by atoms with van der Waals surface area (Å²) >= 11 is 1.71. The molecule has 1 nitrogen and oxygen atoms in total. The molecule has 2 aromatic rings. The van der Waals surface area contributed by atoms with E-state index in [-0.39, 0.29) is 11.9 Å². The Balaban J connectivity index is 2.05. The number of rotatable bonds is 7. The highest BCUT2D eigenvalue weighted by Gasteiger charge is 2.14. The van der Waals surface area contributed by atoms with E-state index in [1.807, 2.05) is 12.1 Å². The van der Waals surface area contributed by atoms with Crippen molar-refractivity contribution >= 4 is 11.3 Å². The Hall–Kier alpha value is -1.19. The van der Waals surface area contributed by atoms with E-state index in [1.54, 1.807) is 23.5 Å². The molecule has 2 rings (SSSR count). The number of nitrogens with one attached hydrogen (secondary N) is 1. The monoisotopic (exact) mass is 277 g/mol. The van der Waals surface area contributed by atoms with Crippen molar-refractivity contribution in [1.82, 2.24) is 5.32 Å². The molecule has 0 fully saturated rings. The Morgan fingerprint density at radius 1 is 1.26 bits per heavy atom. The summed E-state index contributed by atoms with van der Waals surface area (Å²) in [4.78, 5) is 0. The highest BCUT2D eigenvalue weighted by Crippen LogP contribution is 2.22. The van der Waals surface area contributed by atoms with Gasteiger partial charge in [0.1, 0.15) is 5.82 Å². The van der Waals surface area contributed by atoms with Crippen molar-refractivity contribution in [3.8, 4) is 0 Å². The van der Waals surface area contributed by atoms with E-state index in [4.69, 9.17) is 0 Å². The molecule has 0 aliphatic carbocycles. The summed E-state index contributed by atoms with van der Waals surface area (Å²) < 4.78 is 13.9. The van der Waals surface area contributed by atoms with Crippen molar-refractivity contribution < 1.29 is 4.39 Å². The SMILES string of the molecule is CCCNC(CCc1ccsc1)c1ccccc1F. The molecule has 0 spiro atoms. The number of halogens is 1. The molecule has 0 bridgehead atoms. The molecular formula is C16H20FNS. The summed E-state index contributed by atoms with van der Waals surface area (Å²) in [7, 11) is 0. The van der Waals surface area contributed by atoms with Gasteiger partial charge in [-0.3, -0.25) is 0 Å². The number of hydrogen-bond donors (Lipinski definition) is 1. The lowest BCUT2D eigenvalue weighted by atomic mass is 9.99. The van der Waals surface area contributed by atoms with Crippen molar-refractivity contribution in [3.05, 3.63) is 58.0 Å². The van der Waals surface area contributed by atoms with Crippen molar-refractivity contribution in [2.75, 3.05) is 6.54 Å². The Bertz CT molecular complexity index is 481. The third kappa shape index (κ3) is 4.15. The van der Waals surface area contributed by atoms with Gasteiger partial charge < -0.3 is 5.32 Å². The smallest absolute Gasteiger partial charge is 0.127 e. The quantitative estimate of drug-likeness (QED) is 0.782. The van der Waals surface area contributed by atoms with Crippen molar-refractivity contribution in [1.29, 1.82) is 0 Å². The Labute approximate surface area is 118 Å². The highest BCUT2D eigenvalue weighted by atomic mass is 32.1. The summed E-state index contributed by atoms with van der Waals surface area (Å²) in [6.07, 6.45) is 2.97. The second kappa shape index (κ2) is 7.41. The molecule has 0 saturated heterocycles. The van der Waals surface area contributed by atoms with Gasteiger partial charge in [0.05, 0.1) is 0 Å². The molecular weight excluding hydrogens is 257 g/mol. The maximum Gasteiger partial charge on any atom is 0.127 e. The van der Waals surface area contributed by atoms with Crippen LogP contribution in [0.25, 0.3) is 0 Å². The standard InChI is InChI=1S/C16H20FNS/c1-2-10-18-16(8-7-13-9-11-19-12-13)14-5-3-4-6-15(14)17/h3-6,9,11-12,16,18H,2,7-8,10H2,1H3. The molecule has 0 aliphatic heterocycles. The minimum absolute atomic E-state index is 0.0982. The average molecular weight is 277 g/mol. The molecule has 0 radical (unpaired) electrons. The van der Waals surface area contributed by atoms with Gasteiger partial charge in [0.25, 0.3) is 0 Å². The highest BCUT2D eigenvalue weighted by molar-refractivity contribution is 7.07. The van der Waals surface area contributed by atoms with Crippen LogP contribution in [0, 0.1) is 5.82 Å². The maximum absolute atomic E-state index is 13.9. The predicted molar refractivity (Wildman–Crippen MR) is 80.1 cm³/mol. The molecule has 1 unspecified atom stereocenters. The first-order chi connectivity index (χ1) is 9.31. The number of benzene rings is 1. The van der Waals surface area contributed by atoms with Crippen LogP contribution in [-0.2, 0) is 6.42 Å². The fourth-order valence-electron chi connectivity index (χ4n) is 2.19. The van der Waals surface area contributed by atoms with Crippen LogP contribution in [0.3, 0.4) is 0 Å². The van der Waals surface area contributed by atoms with Crippen LogP contribution in [0.15, 0.2) is 41.1 Å². The summed E-state index contributed by atoms with van der Waals surface area (Å²) in [5.74, 6) is -0.110. The van der Waals surface area contributed by atoms with E-state index in [1.165, 1.54) is 5.56 Å². The topological polar surface area (TPSA) is 12.0 Å². The van der Waals surface area contributed by atoms with Crippen molar-refractivity contribution in [2.45, 2.75) is 32.2 Å². The third-order valence-electron chi connectivity index (χ3n) is 3.22. The van der Waals surface area contributed by atoms with E-state index in [0.717, 1.165) is 31.4 Å². The first-order valence-corrected chi connectivity index (χ1v) is 7.74. The molecule has 3 heteroatoms. The summed E-state index contributed by atoms with van der Waals surface area (Å²) in [6.45, 7) is 3.05. The molecule has 0 aliphatic rings. The molecule has 1 N–H and O–H groups in total. The minimum Gasteiger partial charge on any atom is -0.310 e. The zero-order valence-corrected chi connectivity index (χ0v) is 12.0. The second-order valence-electron chi connectivity index (χ2n) is 4.70. The van der Waals surface area contributed by atoms with E-state index >= 15 is 0 Å². The molecule has 1 aromatic carbocycles. The molecule has 1 atom stereocenters. The van der Waals surface area contributed by atoms with Crippen LogP contribution < -0.4 is 5.32 Å². The van der Waals surface area contributed by atoms with Crippen LogP contribution in [0.4, 0.5) is 4.39 Å². The second-order valence-corrected chi connectivity index (χ2v) is 5.48. The average Bonchev–Trinajstić information content (AvgIpc) is 2.93. The van der Waals surface area contributed by atoms with Gasteiger partial charge in [-0.25, -0.2) is 4.39 Å². The summed E-state index contributed by atoms with van der Waals surface area (Å²) in [5, 5.41) is 7.71. The molecule has 102 valence electrons. The molecule has 19 heavy (non-hydrogen) atoms. The first-order valence-electron chi connectivity index (χ1n) is 6.80. The van der Waals surface area contributed by atoms with Gasteiger partial charge in [0.15, 0.2) is 0 Å².